The van der Waals surface area contributed by atoms with E-state index >= 15 is 0 Å². The molecule has 1 atom stereocenters. The number of hydrogen-bond donors (Lipinski definition) is 1. The fraction of sp³-hybridized carbons (Fsp3) is 0.750. The van der Waals surface area contributed by atoms with E-state index in [2.05, 4.69) is 26.2 Å². The summed E-state index contributed by atoms with van der Waals surface area (Å²) in [6.45, 7) is 4.37. The van der Waals surface area contributed by atoms with Crippen molar-refractivity contribution in [3.05, 3.63) is 15.6 Å². The topological polar surface area (TPSA) is 24.9 Å². The van der Waals surface area contributed by atoms with Gasteiger partial charge in [0.1, 0.15) is 5.01 Å². The first-order valence-corrected chi connectivity index (χ1v) is 6.71. The van der Waals surface area contributed by atoms with Crippen molar-refractivity contribution >= 4 is 11.3 Å². The molecule has 1 fully saturated rings. The van der Waals surface area contributed by atoms with E-state index in [0.29, 0.717) is 6.04 Å². The van der Waals surface area contributed by atoms with E-state index in [4.69, 9.17) is 4.98 Å². The molecule has 3 heteroatoms. The standard InChI is InChI=1S/C12H20N2S/c1-4-10-8(2)15-12(14-10)11(13-3)9-6-5-7-9/h9,11,13H,4-7H2,1-3H3. The van der Waals surface area contributed by atoms with Gasteiger partial charge < -0.3 is 5.32 Å². The molecule has 1 unspecified atom stereocenters. The first kappa shape index (κ1) is 11.1. The van der Waals surface area contributed by atoms with Crippen molar-refractivity contribution in [2.75, 3.05) is 7.05 Å². The molecule has 15 heavy (non-hydrogen) atoms. The van der Waals surface area contributed by atoms with E-state index in [-0.39, 0.29) is 0 Å². The summed E-state index contributed by atoms with van der Waals surface area (Å²) in [7, 11) is 2.06. The van der Waals surface area contributed by atoms with Gasteiger partial charge in [-0.3, -0.25) is 0 Å². The molecule has 1 aromatic heterocycles. The molecule has 0 amide bonds. The molecular formula is C12H20N2S. The summed E-state index contributed by atoms with van der Waals surface area (Å²) in [5, 5.41) is 4.74. The van der Waals surface area contributed by atoms with E-state index < -0.39 is 0 Å². The van der Waals surface area contributed by atoms with Gasteiger partial charge in [-0.1, -0.05) is 13.3 Å². The van der Waals surface area contributed by atoms with Gasteiger partial charge in [-0.2, -0.15) is 0 Å². The molecule has 1 saturated carbocycles. The number of rotatable bonds is 4. The highest BCUT2D eigenvalue weighted by Gasteiger charge is 2.29. The van der Waals surface area contributed by atoms with Crippen LogP contribution in [0.15, 0.2) is 0 Å². The molecule has 1 N–H and O–H groups in total. The SMILES string of the molecule is CCc1nc(C(NC)C2CCC2)sc1C. The zero-order valence-electron chi connectivity index (χ0n) is 9.84. The van der Waals surface area contributed by atoms with Gasteiger partial charge in [-0.05, 0) is 39.2 Å². The molecule has 0 spiro atoms. The normalized spacial score (nSPS) is 18.9. The maximum atomic E-state index is 4.76. The number of aromatic nitrogens is 1. The van der Waals surface area contributed by atoms with Gasteiger partial charge in [-0.15, -0.1) is 11.3 Å². The van der Waals surface area contributed by atoms with Crippen LogP contribution in [0.3, 0.4) is 0 Å². The second kappa shape index (κ2) is 4.62. The van der Waals surface area contributed by atoms with Crippen LogP contribution < -0.4 is 5.32 Å². The fourth-order valence-corrected chi connectivity index (χ4v) is 3.46. The Morgan fingerprint density at radius 3 is 2.67 bits per heavy atom. The minimum Gasteiger partial charge on any atom is -0.311 e. The molecule has 0 bridgehead atoms. The summed E-state index contributed by atoms with van der Waals surface area (Å²) in [4.78, 5) is 6.15. The first-order chi connectivity index (χ1) is 7.26. The molecule has 0 saturated heterocycles. The van der Waals surface area contributed by atoms with E-state index in [1.165, 1.54) is 34.8 Å². The molecule has 1 aromatic rings. The lowest BCUT2D eigenvalue weighted by Crippen LogP contribution is -2.29. The van der Waals surface area contributed by atoms with Crippen LogP contribution in [0.1, 0.15) is 47.8 Å². The highest BCUT2D eigenvalue weighted by atomic mass is 32.1. The van der Waals surface area contributed by atoms with Crippen molar-refractivity contribution in [1.29, 1.82) is 0 Å². The molecule has 1 aliphatic rings. The minimum absolute atomic E-state index is 0.503. The third-order valence-corrected chi connectivity index (χ3v) is 4.54. The van der Waals surface area contributed by atoms with Gasteiger partial charge in [0.05, 0.1) is 11.7 Å². The average Bonchev–Trinajstić information content (AvgIpc) is 2.52. The lowest BCUT2D eigenvalue weighted by Gasteiger charge is -2.32. The van der Waals surface area contributed by atoms with Crippen LogP contribution in [0.25, 0.3) is 0 Å². The Bertz CT molecular complexity index is 328. The molecule has 1 aliphatic carbocycles. The molecule has 1 heterocycles. The predicted molar refractivity (Wildman–Crippen MR) is 65.4 cm³/mol. The van der Waals surface area contributed by atoms with Crippen LogP contribution >= 0.6 is 11.3 Å². The Kier molecular flexibility index (Phi) is 3.42. The first-order valence-electron chi connectivity index (χ1n) is 5.89. The van der Waals surface area contributed by atoms with Gasteiger partial charge in [-0.25, -0.2) is 4.98 Å². The predicted octanol–water partition coefficient (Wildman–Crippen LogP) is 3.07. The van der Waals surface area contributed by atoms with Crippen LogP contribution in [0, 0.1) is 12.8 Å². The Morgan fingerprint density at radius 2 is 2.27 bits per heavy atom. The van der Waals surface area contributed by atoms with Gasteiger partial charge >= 0.3 is 0 Å². The van der Waals surface area contributed by atoms with Gasteiger partial charge in [0.2, 0.25) is 0 Å². The second-order valence-corrected chi connectivity index (χ2v) is 5.60. The number of nitrogens with one attached hydrogen (secondary N) is 1. The Balaban J connectivity index is 2.18. The summed E-state index contributed by atoms with van der Waals surface area (Å²) >= 11 is 1.88. The lowest BCUT2D eigenvalue weighted by molar-refractivity contribution is 0.239. The van der Waals surface area contributed by atoms with Gasteiger partial charge in [0.15, 0.2) is 0 Å². The highest BCUT2D eigenvalue weighted by molar-refractivity contribution is 7.11. The summed E-state index contributed by atoms with van der Waals surface area (Å²) < 4.78 is 0. The third-order valence-electron chi connectivity index (χ3n) is 3.44. The smallest absolute Gasteiger partial charge is 0.110 e. The number of nitrogens with zero attached hydrogens (tertiary/aromatic N) is 1. The van der Waals surface area contributed by atoms with E-state index in [1.807, 2.05) is 11.3 Å². The summed E-state index contributed by atoms with van der Waals surface area (Å²) in [6, 6.07) is 0.503. The van der Waals surface area contributed by atoms with Crippen LogP contribution in [0.5, 0.6) is 0 Å². The average molecular weight is 224 g/mol. The van der Waals surface area contributed by atoms with Crippen molar-refractivity contribution in [1.82, 2.24) is 10.3 Å². The lowest BCUT2D eigenvalue weighted by atomic mass is 9.80. The van der Waals surface area contributed by atoms with Crippen molar-refractivity contribution in [2.24, 2.45) is 5.92 Å². The largest absolute Gasteiger partial charge is 0.311 e. The number of thiazole rings is 1. The van der Waals surface area contributed by atoms with Gasteiger partial charge in [0, 0.05) is 4.88 Å². The number of hydrogen-bond acceptors (Lipinski definition) is 3. The zero-order valence-corrected chi connectivity index (χ0v) is 10.7. The molecular weight excluding hydrogens is 204 g/mol. The summed E-state index contributed by atoms with van der Waals surface area (Å²) in [5.41, 5.74) is 1.29. The van der Waals surface area contributed by atoms with E-state index in [9.17, 15) is 0 Å². The Morgan fingerprint density at radius 1 is 1.53 bits per heavy atom. The Hall–Kier alpha value is -0.410. The molecule has 0 radical (unpaired) electrons. The van der Waals surface area contributed by atoms with Crippen LogP contribution in [-0.2, 0) is 6.42 Å². The molecule has 0 aliphatic heterocycles. The van der Waals surface area contributed by atoms with Crippen molar-refractivity contribution in [2.45, 2.75) is 45.6 Å². The fourth-order valence-electron chi connectivity index (χ4n) is 2.25. The maximum Gasteiger partial charge on any atom is 0.110 e. The summed E-state index contributed by atoms with van der Waals surface area (Å²) in [5.74, 6) is 0.824. The highest BCUT2D eigenvalue weighted by Crippen LogP contribution is 2.39. The van der Waals surface area contributed by atoms with Crippen LogP contribution in [0.4, 0.5) is 0 Å². The quantitative estimate of drug-likeness (QED) is 0.850. The monoisotopic (exact) mass is 224 g/mol. The van der Waals surface area contributed by atoms with Gasteiger partial charge in [0.25, 0.3) is 0 Å². The Labute approximate surface area is 96.1 Å². The van der Waals surface area contributed by atoms with Crippen molar-refractivity contribution in [3.8, 4) is 0 Å². The summed E-state index contributed by atoms with van der Waals surface area (Å²) in [6.07, 6.45) is 5.19. The second-order valence-electron chi connectivity index (χ2n) is 4.37. The third kappa shape index (κ3) is 2.08. The van der Waals surface area contributed by atoms with Crippen LogP contribution in [-0.4, -0.2) is 12.0 Å². The maximum absolute atomic E-state index is 4.76. The number of aryl methyl sites for hydroxylation is 2. The molecule has 2 rings (SSSR count). The zero-order chi connectivity index (χ0) is 10.8. The molecule has 0 aromatic carbocycles. The van der Waals surface area contributed by atoms with Crippen molar-refractivity contribution in [3.63, 3.8) is 0 Å². The van der Waals surface area contributed by atoms with E-state index in [1.54, 1.807) is 0 Å². The minimum atomic E-state index is 0.503. The molecule has 84 valence electrons. The molecule has 2 nitrogen and oxygen atoms in total. The van der Waals surface area contributed by atoms with Crippen molar-refractivity contribution < 1.29 is 0 Å². The van der Waals surface area contributed by atoms with Crippen LogP contribution in [0.2, 0.25) is 0 Å². The van der Waals surface area contributed by atoms with E-state index in [0.717, 1.165) is 12.3 Å².